The largest absolute Gasteiger partial charge is 0.349 e. The third kappa shape index (κ3) is 4.54. The molecule has 29 heavy (non-hydrogen) atoms. The van der Waals surface area contributed by atoms with Gasteiger partial charge in [0.15, 0.2) is 0 Å². The van der Waals surface area contributed by atoms with Gasteiger partial charge in [-0.3, -0.25) is 4.79 Å². The number of carbonyl (C=O) groups is 1. The number of carbonyl (C=O) groups excluding carboxylic acids is 1. The number of benzene rings is 2. The predicted molar refractivity (Wildman–Crippen MR) is 114 cm³/mol. The summed E-state index contributed by atoms with van der Waals surface area (Å²) < 4.78 is 27.2. The molecule has 1 aliphatic heterocycles. The minimum atomic E-state index is -3.43. The van der Waals surface area contributed by atoms with Crippen LogP contribution in [0.4, 0.5) is 0 Å². The van der Waals surface area contributed by atoms with E-state index in [-0.39, 0.29) is 11.9 Å². The Hall–Kier alpha value is -2.18. The van der Waals surface area contributed by atoms with E-state index in [0.29, 0.717) is 23.5 Å². The van der Waals surface area contributed by atoms with Gasteiger partial charge in [0.2, 0.25) is 10.0 Å². The lowest BCUT2D eigenvalue weighted by Crippen LogP contribution is -2.35. The first-order chi connectivity index (χ1) is 14.0. The van der Waals surface area contributed by atoms with E-state index in [1.165, 1.54) is 12.8 Å². The lowest BCUT2D eigenvalue weighted by atomic mass is 10.0. The van der Waals surface area contributed by atoms with Crippen LogP contribution in [0.5, 0.6) is 0 Å². The summed E-state index contributed by atoms with van der Waals surface area (Å²) in [6.07, 6.45) is 7.40. The van der Waals surface area contributed by atoms with Crippen LogP contribution >= 0.6 is 0 Å². The molecular formula is C23H28N2O3S. The van der Waals surface area contributed by atoms with Crippen molar-refractivity contribution in [2.45, 2.75) is 55.9 Å². The van der Waals surface area contributed by atoms with Crippen molar-refractivity contribution in [2.24, 2.45) is 0 Å². The van der Waals surface area contributed by atoms with Crippen molar-refractivity contribution in [3.05, 3.63) is 54.1 Å². The highest BCUT2D eigenvalue weighted by molar-refractivity contribution is 7.89. The van der Waals surface area contributed by atoms with Gasteiger partial charge in [-0.2, -0.15) is 4.31 Å². The Morgan fingerprint density at radius 1 is 0.862 bits per heavy atom. The zero-order valence-corrected chi connectivity index (χ0v) is 17.5. The van der Waals surface area contributed by atoms with Crippen LogP contribution in [0.2, 0.25) is 0 Å². The highest BCUT2D eigenvalue weighted by Gasteiger charge is 2.25. The number of nitrogens with one attached hydrogen (secondary N) is 1. The number of hydrogen-bond acceptors (Lipinski definition) is 3. The summed E-state index contributed by atoms with van der Waals surface area (Å²) >= 11 is 0. The molecule has 2 fully saturated rings. The Labute approximate surface area is 173 Å². The van der Waals surface area contributed by atoms with E-state index < -0.39 is 10.0 Å². The van der Waals surface area contributed by atoms with Crippen LogP contribution in [0.25, 0.3) is 11.1 Å². The van der Waals surface area contributed by atoms with Crippen molar-refractivity contribution in [2.75, 3.05) is 13.1 Å². The summed E-state index contributed by atoms with van der Waals surface area (Å²) in [6, 6.07) is 14.8. The maximum atomic E-state index is 12.8. The summed E-state index contributed by atoms with van der Waals surface area (Å²) in [4.78, 5) is 12.9. The smallest absolute Gasteiger partial charge is 0.251 e. The number of amides is 1. The second-order valence-corrected chi connectivity index (χ2v) is 9.96. The minimum absolute atomic E-state index is 0.0388. The predicted octanol–water partition coefficient (Wildman–Crippen LogP) is 4.20. The van der Waals surface area contributed by atoms with Crippen molar-refractivity contribution in [3.63, 3.8) is 0 Å². The molecule has 2 aliphatic rings. The first-order valence-electron chi connectivity index (χ1n) is 10.6. The van der Waals surface area contributed by atoms with Crippen LogP contribution in [0.1, 0.15) is 55.3 Å². The van der Waals surface area contributed by atoms with Crippen LogP contribution in [-0.4, -0.2) is 37.8 Å². The molecule has 1 saturated heterocycles. The van der Waals surface area contributed by atoms with Crippen molar-refractivity contribution in [1.82, 2.24) is 9.62 Å². The van der Waals surface area contributed by atoms with Gasteiger partial charge in [0.05, 0.1) is 4.90 Å². The van der Waals surface area contributed by atoms with E-state index in [9.17, 15) is 13.2 Å². The van der Waals surface area contributed by atoms with E-state index >= 15 is 0 Å². The fourth-order valence-corrected chi connectivity index (χ4v) is 5.77. The highest BCUT2D eigenvalue weighted by Crippen LogP contribution is 2.26. The molecule has 1 amide bonds. The van der Waals surface area contributed by atoms with Gasteiger partial charge in [-0.05, 0) is 61.1 Å². The minimum Gasteiger partial charge on any atom is -0.349 e. The Balaban J connectivity index is 1.51. The molecule has 6 heteroatoms. The Morgan fingerprint density at radius 3 is 2.24 bits per heavy atom. The van der Waals surface area contributed by atoms with E-state index in [4.69, 9.17) is 0 Å². The van der Waals surface area contributed by atoms with E-state index in [2.05, 4.69) is 5.32 Å². The van der Waals surface area contributed by atoms with Crippen molar-refractivity contribution >= 4 is 15.9 Å². The van der Waals surface area contributed by atoms with Gasteiger partial charge in [-0.15, -0.1) is 0 Å². The Bertz CT molecular complexity index is 958. The standard InChI is InChI=1S/C23H28N2O3S/c26-23(24-21-9-2-3-10-21)20-8-6-7-19(17-20)18-11-13-22(14-12-18)29(27,28)25-15-4-1-5-16-25/h6-8,11-14,17,21H,1-5,9-10,15-16H2,(H,24,26). The number of nitrogens with zero attached hydrogens (tertiary/aromatic N) is 1. The van der Waals surface area contributed by atoms with Gasteiger partial charge >= 0.3 is 0 Å². The van der Waals surface area contributed by atoms with Crippen LogP contribution in [0, 0.1) is 0 Å². The Kier molecular flexibility index (Phi) is 6.01. The summed E-state index contributed by atoms with van der Waals surface area (Å²) in [6.45, 7) is 1.20. The fraction of sp³-hybridized carbons (Fsp3) is 0.435. The second kappa shape index (κ2) is 8.67. The molecular weight excluding hydrogens is 384 g/mol. The third-order valence-corrected chi connectivity index (χ3v) is 7.87. The second-order valence-electron chi connectivity index (χ2n) is 8.02. The van der Waals surface area contributed by atoms with Crippen molar-refractivity contribution in [3.8, 4) is 11.1 Å². The van der Waals surface area contributed by atoms with Gasteiger partial charge in [0.25, 0.3) is 5.91 Å². The zero-order chi connectivity index (χ0) is 20.3. The molecule has 0 bridgehead atoms. The summed E-state index contributed by atoms with van der Waals surface area (Å²) in [5.74, 6) is -0.0388. The van der Waals surface area contributed by atoms with Gasteiger partial charge in [0.1, 0.15) is 0 Å². The molecule has 154 valence electrons. The normalized spacial score (nSPS) is 18.6. The fourth-order valence-electron chi connectivity index (χ4n) is 4.25. The molecule has 0 unspecified atom stereocenters. The number of sulfonamides is 1. The SMILES string of the molecule is O=C(NC1CCCC1)c1cccc(-c2ccc(S(=O)(=O)N3CCCCC3)cc2)c1. The van der Waals surface area contributed by atoms with Gasteiger partial charge in [-0.1, -0.05) is 43.5 Å². The quantitative estimate of drug-likeness (QED) is 0.800. The van der Waals surface area contributed by atoms with Crippen molar-refractivity contribution < 1.29 is 13.2 Å². The molecule has 1 N–H and O–H groups in total. The Morgan fingerprint density at radius 2 is 1.55 bits per heavy atom. The molecule has 0 spiro atoms. The van der Waals surface area contributed by atoms with E-state index in [1.807, 2.05) is 36.4 Å². The molecule has 2 aromatic rings. The van der Waals surface area contributed by atoms with Crippen LogP contribution < -0.4 is 5.32 Å². The van der Waals surface area contributed by atoms with E-state index in [0.717, 1.165) is 43.2 Å². The summed E-state index contributed by atoms with van der Waals surface area (Å²) in [7, 11) is -3.43. The lowest BCUT2D eigenvalue weighted by molar-refractivity contribution is 0.0938. The average molecular weight is 413 g/mol. The number of hydrogen-bond donors (Lipinski definition) is 1. The first-order valence-corrected chi connectivity index (χ1v) is 12.0. The average Bonchev–Trinajstić information content (AvgIpc) is 3.27. The van der Waals surface area contributed by atoms with Crippen LogP contribution in [0.3, 0.4) is 0 Å². The molecule has 5 nitrogen and oxygen atoms in total. The molecule has 0 atom stereocenters. The molecule has 2 aromatic carbocycles. The first kappa shape index (κ1) is 20.1. The molecule has 4 rings (SSSR count). The molecule has 0 aromatic heterocycles. The number of rotatable bonds is 5. The molecule has 1 heterocycles. The van der Waals surface area contributed by atoms with E-state index in [1.54, 1.807) is 16.4 Å². The molecule has 0 radical (unpaired) electrons. The summed E-state index contributed by atoms with van der Waals surface area (Å²) in [5, 5.41) is 3.12. The highest BCUT2D eigenvalue weighted by atomic mass is 32.2. The van der Waals surface area contributed by atoms with Crippen LogP contribution in [0.15, 0.2) is 53.4 Å². The van der Waals surface area contributed by atoms with Crippen molar-refractivity contribution in [1.29, 1.82) is 0 Å². The molecule has 1 saturated carbocycles. The molecule has 1 aliphatic carbocycles. The van der Waals surface area contributed by atoms with Gasteiger partial charge in [0, 0.05) is 24.7 Å². The maximum absolute atomic E-state index is 12.8. The number of piperidine rings is 1. The topological polar surface area (TPSA) is 66.5 Å². The third-order valence-electron chi connectivity index (χ3n) is 5.96. The van der Waals surface area contributed by atoms with Crippen LogP contribution in [-0.2, 0) is 10.0 Å². The zero-order valence-electron chi connectivity index (χ0n) is 16.6. The van der Waals surface area contributed by atoms with Gasteiger partial charge < -0.3 is 5.32 Å². The monoisotopic (exact) mass is 412 g/mol. The van der Waals surface area contributed by atoms with Gasteiger partial charge in [-0.25, -0.2) is 8.42 Å². The lowest BCUT2D eigenvalue weighted by Gasteiger charge is -2.25. The summed E-state index contributed by atoms with van der Waals surface area (Å²) in [5.41, 5.74) is 2.45. The maximum Gasteiger partial charge on any atom is 0.251 e.